The van der Waals surface area contributed by atoms with E-state index in [1.54, 1.807) is 5.01 Å². The summed E-state index contributed by atoms with van der Waals surface area (Å²) in [5.74, 6) is 5.88. The molecule has 0 radical (unpaired) electrons. The minimum Gasteiger partial charge on any atom is -0.356 e. The molecular formula is C8H15N3O. The van der Waals surface area contributed by atoms with Gasteiger partial charge in [-0.2, -0.15) is 0 Å². The Morgan fingerprint density at radius 2 is 2.00 bits per heavy atom. The lowest BCUT2D eigenvalue weighted by Crippen LogP contribution is -2.46. The highest BCUT2D eigenvalue weighted by molar-refractivity contribution is 5.84. The maximum Gasteiger partial charge on any atom is 0.226 e. The van der Waals surface area contributed by atoms with Crippen molar-refractivity contribution in [1.29, 1.82) is 0 Å². The van der Waals surface area contributed by atoms with Gasteiger partial charge >= 0.3 is 0 Å². The SMILES string of the molecule is NN1CCC2(CCNC2=O)CC1. The monoisotopic (exact) mass is 169 g/mol. The number of carbonyl (C=O) groups is 1. The molecule has 2 fully saturated rings. The van der Waals surface area contributed by atoms with E-state index < -0.39 is 0 Å². The van der Waals surface area contributed by atoms with E-state index in [1.807, 2.05) is 0 Å². The van der Waals surface area contributed by atoms with E-state index in [0.717, 1.165) is 38.9 Å². The van der Waals surface area contributed by atoms with Gasteiger partial charge in [0.05, 0.1) is 5.41 Å². The first-order valence-corrected chi connectivity index (χ1v) is 4.51. The number of carbonyl (C=O) groups excluding carboxylic acids is 1. The molecule has 0 atom stereocenters. The van der Waals surface area contributed by atoms with E-state index in [9.17, 15) is 4.79 Å². The second kappa shape index (κ2) is 2.71. The molecule has 1 spiro atoms. The summed E-state index contributed by atoms with van der Waals surface area (Å²) in [6, 6.07) is 0. The lowest BCUT2D eigenvalue weighted by atomic mass is 9.77. The van der Waals surface area contributed by atoms with Crippen LogP contribution in [-0.4, -0.2) is 30.6 Å². The van der Waals surface area contributed by atoms with Gasteiger partial charge in [-0.15, -0.1) is 0 Å². The van der Waals surface area contributed by atoms with E-state index in [4.69, 9.17) is 5.84 Å². The largest absolute Gasteiger partial charge is 0.356 e. The molecule has 2 aliphatic rings. The van der Waals surface area contributed by atoms with Crippen molar-refractivity contribution >= 4 is 5.91 Å². The van der Waals surface area contributed by atoms with Crippen molar-refractivity contribution in [3.8, 4) is 0 Å². The van der Waals surface area contributed by atoms with Gasteiger partial charge in [-0.1, -0.05) is 0 Å². The van der Waals surface area contributed by atoms with Crippen molar-refractivity contribution in [2.75, 3.05) is 19.6 Å². The zero-order valence-corrected chi connectivity index (χ0v) is 7.18. The Balaban J connectivity index is 2.07. The fourth-order valence-electron chi connectivity index (χ4n) is 2.15. The molecule has 0 aliphatic carbocycles. The van der Waals surface area contributed by atoms with E-state index in [2.05, 4.69) is 5.32 Å². The minimum absolute atomic E-state index is 0.0597. The van der Waals surface area contributed by atoms with Gasteiger partial charge in [0, 0.05) is 19.6 Å². The third-order valence-corrected chi connectivity index (χ3v) is 3.13. The fourth-order valence-corrected chi connectivity index (χ4v) is 2.15. The topological polar surface area (TPSA) is 58.4 Å². The molecule has 0 bridgehead atoms. The number of rotatable bonds is 0. The first kappa shape index (κ1) is 8.01. The molecule has 2 saturated heterocycles. The molecule has 1 amide bonds. The third-order valence-electron chi connectivity index (χ3n) is 3.13. The van der Waals surface area contributed by atoms with Crippen molar-refractivity contribution in [1.82, 2.24) is 10.3 Å². The zero-order valence-electron chi connectivity index (χ0n) is 7.18. The van der Waals surface area contributed by atoms with Gasteiger partial charge in [-0.05, 0) is 19.3 Å². The first-order valence-electron chi connectivity index (χ1n) is 4.51. The van der Waals surface area contributed by atoms with Crippen LogP contribution in [0.15, 0.2) is 0 Å². The molecule has 3 N–H and O–H groups in total. The van der Waals surface area contributed by atoms with Gasteiger partial charge < -0.3 is 5.32 Å². The standard InChI is InChI=1S/C8H15N3O/c9-11-5-2-8(3-6-11)1-4-10-7(8)12/h1-6,9H2,(H,10,12). The summed E-state index contributed by atoms with van der Waals surface area (Å²) in [4.78, 5) is 11.5. The van der Waals surface area contributed by atoms with Crippen LogP contribution in [0.1, 0.15) is 19.3 Å². The average Bonchev–Trinajstić information content (AvgIpc) is 2.41. The average molecular weight is 169 g/mol. The lowest BCUT2D eigenvalue weighted by Gasteiger charge is -2.34. The molecule has 12 heavy (non-hydrogen) atoms. The van der Waals surface area contributed by atoms with Crippen LogP contribution in [-0.2, 0) is 4.79 Å². The predicted molar refractivity (Wildman–Crippen MR) is 45.1 cm³/mol. The van der Waals surface area contributed by atoms with Crippen LogP contribution in [0, 0.1) is 5.41 Å². The Morgan fingerprint density at radius 1 is 1.33 bits per heavy atom. The summed E-state index contributed by atoms with van der Waals surface area (Å²) < 4.78 is 0. The molecule has 0 unspecified atom stereocenters. The second-order valence-corrected chi connectivity index (χ2v) is 3.82. The minimum atomic E-state index is -0.0597. The van der Waals surface area contributed by atoms with E-state index in [0.29, 0.717) is 0 Å². The van der Waals surface area contributed by atoms with Gasteiger partial charge in [-0.25, -0.2) is 5.01 Å². The van der Waals surface area contributed by atoms with Gasteiger partial charge in [0.1, 0.15) is 0 Å². The lowest BCUT2D eigenvalue weighted by molar-refractivity contribution is -0.130. The number of hydrogen-bond acceptors (Lipinski definition) is 3. The van der Waals surface area contributed by atoms with E-state index in [-0.39, 0.29) is 11.3 Å². The van der Waals surface area contributed by atoms with Crippen molar-refractivity contribution in [3.05, 3.63) is 0 Å². The van der Waals surface area contributed by atoms with Crippen molar-refractivity contribution in [2.24, 2.45) is 11.3 Å². The maximum absolute atomic E-state index is 11.5. The Labute approximate surface area is 72.1 Å². The number of amides is 1. The summed E-state index contributed by atoms with van der Waals surface area (Å²) in [5, 5.41) is 4.70. The Kier molecular flexibility index (Phi) is 1.81. The molecule has 68 valence electrons. The molecule has 4 nitrogen and oxygen atoms in total. The smallest absolute Gasteiger partial charge is 0.226 e. The molecule has 0 aromatic carbocycles. The summed E-state index contributed by atoms with van der Waals surface area (Å²) in [7, 11) is 0. The molecule has 2 rings (SSSR count). The number of piperidine rings is 1. The number of nitrogens with one attached hydrogen (secondary N) is 1. The van der Waals surface area contributed by atoms with Crippen LogP contribution < -0.4 is 11.2 Å². The molecule has 0 aromatic heterocycles. The van der Waals surface area contributed by atoms with Crippen molar-refractivity contribution in [3.63, 3.8) is 0 Å². The summed E-state index contributed by atoms with van der Waals surface area (Å²) >= 11 is 0. The molecule has 2 heterocycles. The molecule has 2 aliphatic heterocycles. The third kappa shape index (κ3) is 1.11. The summed E-state index contributed by atoms with van der Waals surface area (Å²) in [6.07, 6.45) is 2.85. The molecule has 4 heteroatoms. The van der Waals surface area contributed by atoms with Gasteiger partial charge in [0.2, 0.25) is 5.91 Å². The van der Waals surface area contributed by atoms with E-state index in [1.165, 1.54) is 0 Å². The highest BCUT2D eigenvalue weighted by atomic mass is 16.2. The highest BCUT2D eigenvalue weighted by Crippen LogP contribution is 2.37. The van der Waals surface area contributed by atoms with Gasteiger partial charge in [0.25, 0.3) is 0 Å². The van der Waals surface area contributed by atoms with Crippen molar-refractivity contribution in [2.45, 2.75) is 19.3 Å². The number of nitrogens with two attached hydrogens (primary N) is 1. The quantitative estimate of drug-likeness (QED) is 0.479. The normalized spacial score (nSPS) is 29.2. The summed E-state index contributed by atoms with van der Waals surface area (Å²) in [5.41, 5.74) is -0.0597. The zero-order chi connectivity index (χ0) is 8.60. The van der Waals surface area contributed by atoms with Gasteiger partial charge in [-0.3, -0.25) is 10.6 Å². The second-order valence-electron chi connectivity index (χ2n) is 3.82. The van der Waals surface area contributed by atoms with Crippen LogP contribution in [0.3, 0.4) is 0 Å². The van der Waals surface area contributed by atoms with Crippen LogP contribution in [0.4, 0.5) is 0 Å². The Morgan fingerprint density at radius 3 is 2.50 bits per heavy atom. The van der Waals surface area contributed by atoms with E-state index >= 15 is 0 Å². The van der Waals surface area contributed by atoms with Crippen LogP contribution in [0.5, 0.6) is 0 Å². The Bertz CT molecular complexity index is 196. The van der Waals surface area contributed by atoms with Crippen LogP contribution in [0.25, 0.3) is 0 Å². The number of hydrazine groups is 1. The number of hydrogen-bond donors (Lipinski definition) is 2. The van der Waals surface area contributed by atoms with Crippen LogP contribution in [0.2, 0.25) is 0 Å². The predicted octanol–water partition coefficient (Wildman–Crippen LogP) is -0.538. The van der Waals surface area contributed by atoms with Gasteiger partial charge in [0.15, 0.2) is 0 Å². The fraction of sp³-hybridized carbons (Fsp3) is 0.875. The highest BCUT2D eigenvalue weighted by Gasteiger charge is 2.43. The maximum atomic E-state index is 11.5. The Hall–Kier alpha value is -0.610. The molecule has 0 aromatic rings. The van der Waals surface area contributed by atoms with Crippen molar-refractivity contribution < 1.29 is 4.79 Å². The molecular weight excluding hydrogens is 154 g/mol. The summed E-state index contributed by atoms with van der Waals surface area (Å²) in [6.45, 7) is 2.56. The molecule has 0 saturated carbocycles. The van der Waals surface area contributed by atoms with Crippen LogP contribution >= 0.6 is 0 Å². The number of nitrogens with zero attached hydrogens (tertiary/aromatic N) is 1. The first-order chi connectivity index (χ1) is 5.73.